The Balaban J connectivity index is 1.46. The molecule has 0 aromatic rings. The third-order valence-corrected chi connectivity index (χ3v) is 5.43. The molecule has 7 nitrogen and oxygen atoms in total. The number of likely N-dealkylation sites (N-methyl/N-ethyl adjacent to an activating group) is 1. The lowest BCUT2D eigenvalue weighted by Crippen LogP contribution is -2.59. The lowest BCUT2D eigenvalue weighted by Gasteiger charge is -2.44. The predicted octanol–water partition coefficient (Wildman–Crippen LogP) is 0.887. The number of carboxylic acids is 1. The van der Waals surface area contributed by atoms with E-state index in [1.807, 2.05) is 16.7 Å². The third-order valence-electron chi connectivity index (χ3n) is 5.43. The van der Waals surface area contributed by atoms with Crippen LogP contribution in [0.15, 0.2) is 0 Å². The van der Waals surface area contributed by atoms with Crippen molar-refractivity contribution in [2.24, 2.45) is 0 Å². The molecule has 0 radical (unpaired) electrons. The summed E-state index contributed by atoms with van der Waals surface area (Å²) in [7, 11) is 0. The van der Waals surface area contributed by atoms with E-state index < -0.39 is 5.97 Å². The van der Waals surface area contributed by atoms with Crippen molar-refractivity contribution in [2.45, 2.75) is 63.3 Å². The fourth-order valence-electron chi connectivity index (χ4n) is 4.08. The average molecular weight is 325 g/mol. The maximum Gasteiger partial charge on any atom is 0.317 e. The van der Waals surface area contributed by atoms with Crippen LogP contribution in [0.4, 0.5) is 4.79 Å². The number of piperidine rings is 1. The quantitative estimate of drug-likeness (QED) is 0.784. The molecule has 0 aromatic heterocycles. The number of ether oxygens (including phenoxy) is 1. The molecule has 130 valence electrons. The molecule has 7 heteroatoms. The highest BCUT2D eigenvalue weighted by Crippen LogP contribution is 2.30. The standard InChI is InChI=1S/C16H27N3O4/c1-2-18(10-15(20)21)12-8-11(9-12)17-16(22)19-6-3-4-14-13(19)5-7-23-14/h11-14H,2-10H2,1H3,(H,17,22)(H,20,21)/t11?,12?,13-,14-/m0/s1. The summed E-state index contributed by atoms with van der Waals surface area (Å²) in [5.41, 5.74) is 0. The van der Waals surface area contributed by atoms with Gasteiger partial charge >= 0.3 is 12.0 Å². The zero-order valence-electron chi connectivity index (χ0n) is 13.7. The Morgan fingerprint density at radius 2 is 2.13 bits per heavy atom. The van der Waals surface area contributed by atoms with E-state index in [2.05, 4.69) is 5.32 Å². The van der Waals surface area contributed by atoms with Crippen LogP contribution in [0.5, 0.6) is 0 Å². The van der Waals surface area contributed by atoms with Crippen molar-refractivity contribution < 1.29 is 19.4 Å². The Labute approximate surface area is 136 Å². The minimum absolute atomic E-state index is 0.0231. The second-order valence-corrected chi connectivity index (χ2v) is 6.83. The van der Waals surface area contributed by atoms with Crippen molar-refractivity contribution in [3.05, 3.63) is 0 Å². The summed E-state index contributed by atoms with van der Waals surface area (Å²) < 4.78 is 5.70. The number of carbonyl (C=O) groups excluding carboxylic acids is 1. The first-order valence-corrected chi connectivity index (χ1v) is 8.73. The van der Waals surface area contributed by atoms with E-state index in [4.69, 9.17) is 9.84 Å². The maximum absolute atomic E-state index is 12.5. The third kappa shape index (κ3) is 3.61. The summed E-state index contributed by atoms with van der Waals surface area (Å²) in [6.45, 7) is 4.35. The minimum Gasteiger partial charge on any atom is -0.480 e. The van der Waals surface area contributed by atoms with Gasteiger partial charge in [-0.05, 0) is 38.6 Å². The summed E-state index contributed by atoms with van der Waals surface area (Å²) in [5, 5.41) is 12.0. The number of aliphatic carboxylic acids is 1. The monoisotopic (exact) mass is 325 g/mol. The van der Waals surface area contributed by atoms with E-state index in [1.165, 1.54) is 0 Å². The molecule has 1 aliphatic carbocycles. The summed E-state index contributed by atoms with van der Waals surface area (Å²) >= 11 is 0. The van der Waals surface area contributed by atoms with Crippen LogP contribution >= 0.6 is 0 Å². The highest BCUT2D eigenvalue weighted by Gasteiger charge is 2.40. The normalized spacial score (nSPS) is 33.2. The van der Waals surface area contributed by atoms with E-state index in [0.717, 1.165) is 51.8 Å². The zero-order valence-corrected chi connectivity index (χ0v) is 13.7. The van der Waals surface area contributed by atoms with Gasteiger partial charge in [-0.2, -0.15) is 0 Å². The number of urea groups is 1. The van der Waals surface area contributed by atoms with E-state index in [1.54, 1.807) is 0 Å². The number of carboxylic acid groups (broad SMARTS) is 1. The van der Waals surface area contributed by atoms with Gasteiger partial charge in [0.25, 0.3) is 0 Å². The van der Waals surface area contributed by atoms with Crippen molar-refractivity contribution in [1.82, 2.24) is 15.1 Å². The van der Waals surface area contributed by atoms with Gasteiger partial charge in [0.15, 0.2) is 0 Å². The number of likely N-dealkylation sites (tertiary alicyclic amines) is 1. The number of amides is 2. The first kappa shape index (κ1) is 16.5. The second-order valence-electron chi connectivity index (χ2n) is 6.83. The molecule has 2 saturated heterocycles. The predicted molar refractivity (Wildman–Crippen MR) is 84.3 cm³/mol. The first-order valence-electron chi connectivity index (χ1n) is 8.73. The van der Waals surface area contributed by atoms with Crippen LogP contribution in [-0.2, 0) is 9.53 Å². The van der Waals surface area contributed by atoms with Gasteiger partial charge in [-0.3, -0.25) is 9.69 Å². The molecule has 0 bridgehead atoms. The van der Waals surface area contributed by atoms with Crippen LogP contribution in [-0.4, -0.2) is 77.4 Å². The fourth-order valence-corrected chi connectivity index (χ4v) is 4.08. The Morgan fingerprint density at radius 1 is 1.35 bits per heavy atom. The minimum atomic E-state index is -0.792. The topological polar surface area (TPSA) is 82.1 Å². The number of rotatable bonds is 5. The van der Waals surface area contributed by atoms with Gasteiger partial charge in [0.05, 0.1) is 18.7 Å². The van der Waals surface area contributed by atoms with Crippen LogP contribution in [0.25, 0.3) is 0 Å². The van der Waals surface area contributed by atoms with Crippen LogP contribution in [0, 0.1) is 0 Å². The molecule has 3 aliphatic rings. The summed E-state index contributed by atoms with van der Waals surface area (Å²) in [5.74, 6) is -0.792. The van der Waals surface area contributed by atoms with Gasteiger partial charge < -0.3 is 20.1 Å². The zero-order chi connectivity index (χ0) is 16.4. The Hall–Kier alpha value is -1.34. The molecule has 2 amide bonds. The molecule has 2 heterocycles. The summed E-state index contributed by atoms with van der Waals surface area (Å²) in [4.78, 5) is 27.3. The number of hydrogen-bond acceptors (Lipinski definition) is 4. The molecule has 2 atom stereocenters. The highest BCUT2D eigenvalue weighted by molar-refractivity contribution is 5.75. The Kier molecular flexibility index (Phi) is 5.06. The highest BCUT2D eigenvalue weighted by atomic mass is 16.5. The molecular formula is C16H27N3O4. The SMILES string of the molecule is CCN(CC(=O)O)C1CC(NC(=O)N2CCC[C@@H]3OCC[C@@H]32)C1. The van der Waals surface area contributed by atoms with Crippen LogP contribution in [0.3, 0.4) is 0 Å². The molecule has 2 N–H and O–H groups in total. The maximum atomic E-state index is 12.5. The van der Waals surface area contributed by atoms with Crippen molar-refractivity contribution in [1.29, 1.82) is 0 Å². The van der Waals surface area contributed by atoms with Crippen molar-refractivity contribution in [2.75, 3.05) is 26.2 Å². The fraction of sp³-hybridized carbons (Fsp3) is 0.875. The molecule has 2 aliphatic heterocycles. The van der Waals surface area contributed by atoms with Crippen molar-refractivity contribution >= 4 is 12.0 Å². The molecule has 0 aromatic carbocycles. The van der Waals surface area contributed by atoms with Gasteiger partial charge in [-0.15, -0.1) is 0 Å². The van der Waals surface area contributed by atoms with Gasteiger partial charge in [0, 0.05) is 25.2 Å². The second kappa shape index (κ2) is 7.05. The lowest BCUT2D eigenvalue weighted by molar-refractivity contribution is -0.139. The number of carbonyl (C=O) groups is 2. The lowest BCUT2D eigenvalue weighted by atomic mass is 9.85. The van der Waals surface area contributed by atoms with Crippen molar-refractivity contribution in [3.8, 4) is 0 Å². The smallest absolute Gasteiger partial charge is 0.317 e. The van der Waals surface area contributed by atoms with Crippen LogP contribution in [0.2, 0.25) is 0 Å². The van der Waals surface area contributed by atoms with E-state index in [0.29, 0.717) is 0 Å². The Bertz CT molecular complexity index is 453. The van der Waals surface area contributed by atoms with E-state index in [-0.39, 0.29) is 36.8 Å². The van der Waals surface area contributed by atoms with Crippen LogP contribution in [0.1, 0.15) is 39.0 Å². The molecule has 3 fully saturated rings. The van der Waals surface area contributed by atoms with Crippen LogP contribution < -0.4 is 5.32 Å². The molecule has 1 saturated carbocycles. The van der Waals surface area contributed by atoms with E-state index >= 15 is 0 Å². The summed E-state index contributed by atoms with van der Waals surface area (Å²) in [6.07, 6.45) is 4.89. The number of fused-ring (bicyclic) bond motifs is 1. The molecule has 3 rings (SSSR count). The van der Waals surface area contributed by atoms with Gasteiger partial charge in [0.2, 0.25) is 0 Å². The largest absolute Gasteiger partial charge is 0.480 e. The molecule has 23 heavy (non-hydrogen) atoms. The van der Waals surface area contributed by atoms with Crippen molar-refractivity contribution in [3.63, 3.8) is 0 Å². The van der Waals surface area contributed by atoms with Gasteiger partial charge in [-0.1, -0.05) is 6.92 Å². The molecular weight excluding hydrogens is 298 g/mol. The molecule has 0 spiro atoms. The average Bonchev–Trinajstić information content (AvgIpc) is 2.96. The number of hydrogen-bond donors (Lipinski definition) is 2. The van der Waals surface area contributed by atoms with Gasteiger partial charge in [-0.25, -0.2) is 4.79 Å². The molecule has 0 unspecified atom stereocenters. The summed E-state index contributed by atoms with van der Waals surface area (Å²) in [6, 6.07) is 0.692. The van der Waals surface area contributed by atoms with E-state index in [9.17, 15) is 9.59 Å². The first-order chi connectivity index (χ1) is 11.1. The van der Waals surface area contributed by atoms with Gasteiger partial charge in [0.1, 0.15) is 0 Å². The number of nitrogens with zero attached hydrogens (tertiary/aromatic N) is 2. The number of nitrogens with one attached hydrogen (secondary N) is 1. The Morgan fingerprint density at radius 3 is 2.83 bits per heavy atom.